The second-order valence-corrected chi connectivity index (χ2v) is 18.4. The Labute approximate surface area is 282 Å². The SMILES string of the molecule is O=C(CC12CC3CC(C1)CC(CC(=O)Nc1ccc(S(=O)(=O)N4CCOCC4)cc1)(C3)C2)Nc1ccc(S(=O)(=O)N2CCOCC2)cc1. The van der Waals surface area contributed by atoms with Gasteiger partial charge in [0, 0.05) is 50.4 Å². The Kier molecular flexibility index (Phi) is 9.18. The first-order chi connectivity index (χ1) is 22.9. The molecule has 2 heterocycles. The summed E-state index contributed by atoms with van der Waals surface area (Å²) in [6.07, 6.45) is 6.64. The van der Waals surface area contributed by atoms with Crippen LogP contribution in [0.25, 0.3) is 0 Å². The van der Waals surface area contributed by atoms with Crippen LogP contribution < -0.4 is 10.6 Å². The molecule has 14 heteroatoms. The third-order valence-corrected chi connectivity index (χ3v) is 14.7. The van der Waals surface area contributed by atoms with Gasteiger partial charge in [0.2, 0.25) is 31.9 Å². The van der Waals surface area contributed by atoms with Gasteiger partial charge in [-0.25, -0.2) is 16.8 Å². The highest BCUT2D eigenvalue weighted by molar-refractivity contribution is 7.89. The number of nitrogens with one attached hydrogen (secondary N) is 2. The molecule has 4 aliphatic carbocycles. The number of carbonyl (C=O) groups excluding carboxylic acids is 2. The van der Waals surface area contributed by atoms with Crippen LogP contribution in [0.2, 0.25) is 0 Å². The molecular weight excluding hydrogens is 657 g/mol. The number of ether oxygens (including phenoxy) is 2. The monoisotopic (exact) mass is 700 g/mol. The molecule has 12 nitrogen and oxygen atoms in total. The standard InChI is InChI=1S/C34H44N4O8S2/c39-31(35-27-1-5-29(6-2-27)47(41,42)37-9-13-45-14-10-37)22-33-18-25-17-26(19-33)21-34(20-25,24-33)23-32(40)36-28-3-7-30(8-4-28)48(43,44)38-11-15-46-16-12-38/h1-8,25-26H,9-24H2,(H,35,39)(H,36,40). The molecule has 0 unspecified atom stereocenters. The van der Waals surface area contributed by atoms with Crippen LogP contribution in [0.4, 0.5) is 11.4 Å². The topological polar surface area (TPSA) is 151 Å². The van der Waals surface area contributed by atoms with Gasteiger partial charge in [-0.1, -0.05) is 0 Å². The molecule has 48 heavy (non-hydrogen) atoms. The van der Waals surface area contributed by atoms with Gasteiger partial charge >= 0.3 is 0 Å². The van der Waals surface area contributed by atoms with Gasteiger partial charge in [-0.05, 0) is 110 Å². The molecule has 8 rings (SSSR count). The lowest BCUT2D eigenvalue weighted by Crippen LogP contribution is -2.53. The Morgan fingerprint density at radius 2 is 0.979 bits per heavy atom. The quantitative estimate of drug-likeness (QED) is 0.381. The van der Waals surface area contributed by atoms with Gasteiger partial charge in [0.25, 0.3) is 0 Å². The number of nitrogens with zero attached hydrogens (tertiary/aromatic N) is 2. The van der Waals surface area contributed by atoms with E-state index in [1.165, 1.54) is 32.9 Å². The van der Waals surface area contributed by atoms with Crippen molar-refractivity contribution in [3.8, 4) is 0 Å². The molecule has 4 saturated carbocycles. The molecule has 2 aliphatic heterocycles. The van der Waals surface area contributed by atoms with E-state index in [9.17, 15) is 26.4 Å². The zero-order chi connectivity index (χ0) is 33.6. The average Bonchev–Trinajstić information content (AvgIpc) is 3.05. The molecule has 0 radical (unpaired) electrons. The predicted octanol–water partition coefficient (Wildman–Crippen LogP) is 3.67. The number of morpholine rings is 2. The highest BCUT2D eigenvalue weighted by Crippen LogP contribution is 2.67. The van der Waals surface area contributed by atoms with E-state index in [1.807, 2.05) is 0 Å². The maximum absolute atomic E-state index is 13.4. The van der Waals surface area contributed by atoms with E-state index < -0.39 is 20.0 Å². The van der Waals surface area contributed by atoms with Crippen molar-refractivity contribution < 1.29 is 35.9 Å². The van der Waals surface area contributed by atoms with Crippen LogP contribution in [0.5, 0.6) is 0 Å². The number of hydrogen-bond acceptors (Lipinski definition) is 8. The number of anilines is 2. The third-order valence-electron chi connectivity index (χ3n) is 10.9. The minimum absolute atomic E-state index is 0.0903. The molecule has 2 saturated heterocycles. The number of carbonyl (C=O) groups is 2. The van der Waals surface area contributed by atoms with Crippen molar-refractivity contribution in [3.63, 3.8) is 0 Å². The van der Waals surface area contributed by atoms with Gasteiger partial charge in [-0.3, -0.25) is 9.59 Å². The zero-order valence-corrected chi connectivity index (χ0v) is 28.7. The Morgan fingerprint density at radius 3 is 1.33 bits per heavy atom. The third kappa shape index (κ3) is 6.92. The normalized spacial score (nSPS) is 29.4. The average molecular weight is 701 g/mol. The van der Waals surface area contributed by atoms with Gasteiger partial charge in [0.05, 0.1) is 36.2 Å². The molecule has 2 amide bonds. The fourth-order valence-corrected chi connectivity index (χ4v) is 12.3. The molecule has 2 aromatic rings. The molecule has 0 atom stereocenters. The van der Waals surface area contributed by atoms with Crippen LogP contribution >= 0.6 is 0 Å². The number of amides is 2. The van der Waals surface area contributed by atoms with E-state index in [4.69, 9.17) is 9.47 Å². The summed E-state index contributed by atoms with van der Waals surface area (Å²) in [6.45, 7) is 2.79. The zero-order valence-electron chi connectivity index (χ0n) is 27.1. The summed E-state index contributed by atoms with van der Waals surface area (Å²) in [5.41, 5.74) is 0.791. The van der Waals surface area contributed by atoms with Gasteiger partial charge in [0.15, 0.2) is 0 Å². The van der Waals surface area contributed by atoms with Crippen molar-refractivity contribution in [3.05, 3.63) is 48.5 Å². The van der Waals surface area contributed by atoms with Crippen molar-refractivity contribution in [2.24, 2.45) is 22.7 Å². The van der Waals surface area contributed by atoms with E-state index in [0.29, 0.717) is 88.7 Å². The number of hydrogen-bond donors (Lipinski definition) is 2. The van der Waals surface area contributed by atoms with Gasteiger partial charge < -0.3 is 20.1 Å². The largest absolute Gasteiger partial charge is 0.379 e. The van der Waals surface area contributed by atoms with E-state index >= 15 is 0 Å². The van der Waals surface area contributed by atoms with Crippen LogP contribution in [0.15, 0.2) is 58.3 Å². The Hall–Kier alpha value is -2.88. The molecule has 4 bridgehead atoms. The van der Waals surface area contributed by atoms with E-state index in [1.54, 1.807) is 24.3 Å². The highest BCUT2D eigenvalue weighted by Gasteiger charge is 2.58. The lowest BCUT2D eigenvalue weighted by molar-refractivity contribution is -0.142. The van der Waals surface area contributed by atoms with Crippen molar-refractivity contribution >= 4 is 43.2 Å². The Bertz CT molecular complexity index is 1600. The van der Waals surface area contributed by atoms with Crippen molar-refractivity contribution in [2.45, 2.75) is 61.2 Å². The van der Waals surface area contributed by atoms with E-state index in [2.05, 4.69) is 10.6 Å². The summed E-state index contributed by atoms with van der Waals surface area (Å²) in [7, 11) is -7.23. The van der Waals surface area contributed by atoms with Crippen LogP contribution in [0, 0.1) is 22.7 Å². The second kappa shape index (κ2) is 13.1. The first kappa shape index (κ1) is 33.6. The Morgan fingerprint density at radius 1 is 0.625 bits per heavy atom. The summed E-state index contributed by atoms with van der Waals surface area (Å²) >= 11 is 0. The fraction of sp³-hybridized carbons (Fsp3) is 0.588. The predicted molar refractivity (Wildman–Crippen MR) is 178 cm³/mol. The minimum atomic E-state index is -3.61. The summed E-state index contributed by atoms with van der Waals surface area (Å²) in [4.78, 5) is 27.2. The summed E-state index contributed by atoms with van der Waals surface area (Å²) in [5.74, 6) is 0.794. The summed E-state index contributed by atoms with van der Waals surface area (Å²) in [6, 6.07) is 12.7. The smallest absolute Gasteiger partial charge is 0.243 e. The molecule has 260 valence electrons. The maximum Gasteiger partial charge on any atom is 0.243 e. The van der Waals surface area contributed by atoms with Crippen LogP contribution in [-0.4, -0.2) is 89.9 Å². The summed E-state index contributed by atoms with van der Waals surface area (Å²) < 4.78 is 65.3. The van der Waals surface area contributed by atoms with Gasteiger partial charge in [0.1, 0.15) is 0 Å². The fourth-order valence-electron chi connectivity index (χ4n) is 9.45. The van der Waals surface area contributed by atoms with Crippen LogP contribution in [-0.2, 0) is 39.1 Å². The molecule has 0 aromatic heterocycles. The molecule has 0 spiro atoms. The van der Waals surface area contributed by atoms with Crippen LogP contribution in [0.1, 0.15) is 51.4 Å². The lowest BCUT2D eigenvalue weighted by Gasteiger charge is -2.62. The van der Waals surface area contributed by atoms with Crippen molar-refractivity contribution in [1.82, 2.24) is 8.61 Å². The first-order valence-corrected chi connectivity index (χ1v) is 19.8. The maximum atomic E-state index is 13.4. The number of benzene rings is 2. The van der Waals surface area contributed by atoms with Crippen LogP contribution in [0.3, 0.4) is 0 Å². The first-order valence-electron chi connectivity index (χ1n) is 16.9. The number of rotatable bonds is 10. The van der Waals surface area contributed by atoms with E-state index in [-0.39, 0.29) is 32.4 Å². The molecular formula is C34H44N4O8S2. The Balaban J connectivity index is 0.966. The van der Waals surface area contributed by atoms with E-state index in [0.717, 1.165) is 38.5 Å². The molecule has 6 aliphatic rings. The van der Waals surface area contributed by atoms with Gasteiger partial charge in [-0.15, -0.1) is 0 Å². The summed E-state index contributed by atoms with van der Waals surface area (Å²) in [5, 5.41) is 6.00. The van der Waals surface area contributed by atoms with Crippen molar-refractivity contribution in [1.29, 1.82) is 0 Å². The highest BCUT2D eigenvalue weighted by atomic mass is 32.2. The minimum Gasteiger partial charge on any atom is -0.379 e. The second-order valence-electron chi connectivity index (χ2n) is 14.5. The lowest BCUT2D eigenvalue weighted by atomic mass is 9.43. The van der Waals surface area contributed by atoms with Gasteiger partial charge in [-0.2, -0.15) is 8.61 Å². The molecule has 2 aromatic carbocycles. The van der Waals surface area contributed by atoms with Crippen molar-refractivity contribution in [2.75, 3.05) is 63.2 Å². The molecule has 6 fully saturated rings. The molecule has 2 N–H and O–H groups in total. The number of sulfonamides is 2.